The summed E-state index contributed by atoms with van der Waals surface area (Å²) in [6, 6.07) is 8.84. The number of hydrogen-bond donors (Lipinski definition) is 2. The van der Waals surface area contributed by atoms with Crippen LogP contribution in [0.2, 0.25) is 0 Å². The largest absolute Gasteiger partial charge is 0.355 e. The predicted molar refractivity (Wildman–Crippen MR) is 102 cm³/mol. The van der Waals surface area contributed by atoms with Gasteiger partial charge in [0.2, 0.25) is 0 Å². The molecule has 0 fully saturated rings. The first-order chi connectivity index (χ1) is 9.98. The highest BCUT2D eigenvalue weighted by Crippen LogP contribution is 2.20. The Labute approximate surface area is 149 Å². The van der Waals surface area contributed by atoms with E-state index in [1.807, 2.05) is 0 Å². The quantitative estimate of drug-likeness (QED) is 0.424. The van der Waals surface area contributed by atoms with E-state index < -0.39 is 9.84 Å². The van der Waals surface area contributed by atoms with Crippen molar-refractivity contribution in [3.63, 3.8) is 0 Å². The van der Waals surface area contributed by atoms with E-state index in [0.717, 1.165) is 19.3 Å². The van der Waals surface area contributed by atoms with Crippen LogP contribution in [0, 0.1) is 0 Å². The molecule has 0 aliphatic heterocycles. The van der Waals surface area contributed by atoms with E-state index in [1.54, 1.807) is 7.05 Å². The van der Waals surface area contributed by atoms with Crippen molar-refractivity contribution in [1.82, 2.24) is 10.6 Å². The molecule has 124 valence electrons. The van der Waals surface area contributed by atoms with Crippen LogP contribution < -0.4 is 10.6 Å². The van der Waals surface area contributed by atoms with Crippen LogP contribution >= 0.6 is 24.0 Å². The van der Waals surface area contributed by atoms with Crippen molar-refractivity contribution in [3.8, 4) is 0 Å². The Kier molecular flexibility index (Phi) is 7.61. The number of nitrogens with one attached hydrogen (secondary N) is 2. The molecule has 0 saturated heterocycles. The maximum Gasteiger partial charge on any atom is 0.191 e. The molecule has 1 unspecified atom stereocenters. The minimum atomic E-state index is -2.95. The Morgan fingerprint density at radius 1 is 1.32 bits per heavy atom. The van der Waals surface area contributed by atoms with Crippen LogP contribution in [0.1, 0.15) is 17.5 Å². The van der Waals surface area contributed by atoms with Crippen molar-refractivity contribution in [2.24, 2.45) is 4.99 Å². The molecule has 22 heavy (non-hydrogen) atoms. The summed E-state index contributed by atoms with van der Waals surface area (Å²) in [4.78, 5) is 4.16. The molecule has 1 aliphatic rings. The van der Waals surface area contributed by atoms with Gasteiger partial charge in [0.25, 0.3) is 0 Å². The molecule has 7 heteroatoms. The molecule has 0 amide bonds. The van der Waals surface area contributed by atoms with Crippen molar-refractivity contribution < 1.29 is 8.42 Å². The minimum Gasteiger partial charge on any atom is -0.355 e. The Bertz CT molecular complexity index is 617. The van der Waals surface area contributed by atoms with E-state index in [1.165, 1.54) is 17.4 Å². The van der Waals surface area contributed by atoms with Gasteiger partial charge >= 0.3 is 0 Å². The highest BCUT2D eigenvalue weighted by molar-refractivity contribution is 14.0. The first-order valence-corrected chi connectivity index (χ1v) is 9.25. The van der Waals surface area contributed by atoms with E-state index in [0.29, 0.717) is 18.5 Å². The monoisotopic (exact) mass is 437 g/mol. The van der Waals surface area contributed by atoms with E-state index in [9.17, 15) is 8.42 Å². The predicted octanol–water partition coefficient (Wildman–Crippen LogP) is 1.37. The lowest BCUT2D eigenvalue weighted by molar-refractivity contribution is 0.521. The number of guanidine groups is 1. The van der Waals surface area contributed by atoms with Gasteiger partial charge < -0.3 is 10.6 Å². The average Bonchev–Trinajstić information content (AvgIpc) is 2.45. The van der Waals surface area contributed by atoms with Crippen LogP contribution in [0.3, 0.4) is 0 Å². The number of fused-ring (bicyclic) bond motifs is 1. The molecule has 1 aromatic rings. The standard InChI is InChI=1S/C15H23N3O2S.HI/c1-16-15(17-9-10-21(2,19)20)18-14-8-7-12-5-3-4-6-13(12)11-14;/h3-6,14H,7-11H2,1-2H3,(H2,16,17,18);1H. The number of hydrogen-bond acceptors (Lipinski definition) is 3. The molecule has 2 N–H and O–H groups in total. The van der Waals surface area contributed by atoms with Crippen LogP contribution in [-0.2, 0) is 22.7 Å². The van der Waals surface area contributed by atoms with Crippen LogP contribution in [0.15, 0.2) is 29.3 Å². The summed E-state index contributed by atoms with van der Waals surface area (Å²) in [5.74, 6) is 0.782. The zero-order valence-corrected chi connectivity index (χ0v) is 16.1. The fourth-order valence-corrected chi connectivity index (χ4v) is 3.04. The van der Waals surface area contributed by atoms with Gasteiger partial charge in [-0.3, -0.25) is 4.99 Å². The second kappa shape index (κ2) is 8.71. The molecule has 0 heterocycles. The van der Waals surface area contributed by atoms with Gasteiger partial charge in [0.05, 0.1) is 5.75 Å². The summed E-state index contributed by atoms with van der Waals surface area (Å²) >= 11 is 0. The molecular weight excluding hydrogens is 413 g/mol. The molecule has 0 bridgehead atoms. The van der Waals surface area contributed by atoms with E-state index in [4.69, 9.17) is 0 Å². The third-order valence-corrected chi connectivity index (χ3v) is 4.62. The summed E-state index contributed by atoms with van der Waals surface area (Å²) in [5, 5.41) is 6.43. The Morgan fingerprint density at radius 2 is 2.00 bits per heavy atom. The number of nitrogens with zero attached hydrogens (tertiary/aromatic N) is 1. The second-order valence-corrected chi connectivity index (χ2v) is 7.74. The summed E-state index contributed by atoms with van der Waals surface area (Å²) in [6.45, 7) is 0.377. The molecule has 0 saturated carbocycles. The normalized spacial score (nSPS) is 18.1. The average molecular weight is 437 g/mol. The van der Waals surface area contributed by atoms with Crippen molar-refractivity contribution in [2.45, 2.75) is 25.3 Å². The number of benzene rings is 1. The first kappa shape index (κ1) is 19.2. The topological polar surface area (TPSA) is 70.6 Å². The Balaban J connectivity index is 0.00000242. The Morgan fingerprint density at radius 3 is 2.64 bits per heavy atom. The van der Waals surface area contributed by atoms with Gasteiger partial charge in [-0.15, -0.1) is 24.0 Å². The molecule has 0 radical (unpaired) electrons. The number of aliphatic imine (C=N–C) groups is 1. The lowest BCUT2D eigenvalue weighted by Crippen LogP contribution is -2.46. The van der Waals surface area contributed by atoms with E-state index in [-0.39, 0.29) is 29.7 Å². The highest BCUT2D eigenvalue weighted by atomic mass is 127. The van der Waals surface area contributed by atoms with Crippen LogP contribution in [0.25, 0.3) is 0 Å². The zero-order valence-electron chi connectivity index (χ0n) is 13.0. The van der Waals surface area contributed by atoms with Gasteiger partial charge in [-0.25, -0.2) is 8.42 Å². The van der Waals surface area contributed by atoms with Crippen molar-refractivity contribution in [2.75, 3.05) is 25.6 Å². The fraction of sp³-hybridized carbons (Fsp3) is 0.533. The van der Waals surface area contributed by atoms with Gasteiger partial charge in [0, 0.05) is 25.9 Å². The third-order valence-electron chi connectivity index (χ3n) is 3.68. The summed E-state index contributed by atoms with van der Waals surface area (Å²) < 4.78 is 22.3. The molecule has 5 nitrogen and oxygen atoms in total. The summed E-state index contributed by atoms with van der Waals surface area (Å²) in [6.07, 6.45) is 4.34. The van der Waals surface area contributed by atoms with Crippen LogP contribution in [-0.4, -0.2) is 46.0 Å². The second-order valence-electron chi connectivity index (χ2n) is 5.48. The van der Waals surface area contributed by atoms with Crippen molar-refractivity contribution in [1.29, 1.82) is 0 Å². The summed E-state index contributed by atoms with van der Waals surface area (Å²) in [7, 11) is -1.25. The van der Waals surface area contributed by atoms with E-state index >= 15 is 0 Å². The van der Waals surface area contributed by atoms with Crippen LogP contribution in [0.5, 0.6) is 0 Å². The Hall–Kier alpha value is -0.830. The molecule has 0 aromatic heterocycles. The first-order valence-electron chi connectivity index (χ1n) is 7.19. The molecule has 2 rings (SSSR count). The number of rotatable bonds is 4. The maximum atomic E-state index is 11.1. The number of aryl methyl sites for hydroxylation is 1. The van der Waals surface area contributed by atoms with Gasteiger partial charge in [-0.05, 0) is 30.4 Å². The van der Waals surface area contributed by atoms with E-state index in [2.05, 4.69) is 39.9 Å². The number of sulfone groups is 1. The van der Waals surface area contributed by atoms with Gasteiger partial charge in [-0.1, -0.05) is 24.3 Å². The van der Waals surface area contributed by atoms with Gasteiger partial charge in [-0.2, -0.15) is 0 Å². The smallest absolute Gasteiger partial charge is 0.191 e. The molecule has 0 spiro atoms. The fourth-order valence-electron chi connectivity index (χ4n) is 2.56. The molecule has 1 atom stereocenters. The molecule has 1 aromatic carbocycles. The van der Waals surface area contributed by atoms with Crippen molar-refractivity contribution in [3.05, 3.63) is 35.4 Å². The number of halogens is 1. The minimum absolute atomic E-state index is 0. The molecule has 1 aliphatic carbocycles. The van der Waals surface area contributed by atoms with Crippen LogP contribution in [0.4, 0.5) is 0 Å². The van der Waals surface area contributed by atoms with Gasteiger partial charge in [0.15, 0.2) is 5.96 Å². The third kappa shape index (κ3) is 6.12. The SMILES string of the molecule is CN=C(NCCS(C)(=O)=O)NC1CCc2ccccc2C1.I. The lowest BCUT2D eigenvalue weighted by atomic mass is 9.88. The van der Waals surface area contributed by atoms with Crippen molar-refractivity contribution >= 4 is 39.8 Å². The highest BCUT2D eigenvalue weighted by Gasteiger charge is 2.18. The maximum absolute atomic E-state index is 11.1. The lowest BCUT2D eigenvalue weighted by Gasteiger charge is -2.27. The molecular formula is C15H24IN3O2S. The zero-order chi connectivity index (χ0) is 15.3. The summed E-state index contributed by atoms with van der Waals surface area (Å²) in [5.41, 5.74) is 2.81. The van der Waals surface area contributed by atoms with Gasteiger partial charge in [0.1, 0.15) is 9.84 Å².